The molecule has 0 radical (unpaired) electrons. The molecular formula is C12H14N2O. The summed E-state index contributed by atoms with van der Waals surface area (Å²) in [4.78, 5) is 11.4. The van der Waals surface area contributed by atoms with Crippen molar-refractivity contribution in [2.24, 2.45) is 5.73 Å². The van der Waals surface area contributed by atoms with Gasteiger partial charge in [-0.2, -0.15) is 0 Å². The van der Waals surface area contributed by atoms with Crippen LogP contribution < -0.4 is 11.1 Å². The Morgan fingerprint density at radius 2 is 2.20 bits per heavy atom. The number of nitrogens with one attached hydrogen (secondary N) is 1. The van der Waals surface area contributed by atoms with E-state index in [9.17, 15) is 4.79 Å². The third kappa shape index (κ3) is 3.45. The number of carbonyl (C=O) groups excluding carboxylic acids is 1. The zero-order chi connectivity index (χ0) is 11.1. The van der Waals surface area contributed by atoms with Crippen LogP contribution in [0.4, 0.5) is 5.69 Å². The van der Waals surface area contributed by atoms with Crippen LogP contribution in [0.15, 0.2) is 24.3 Å². The molecule has 0 aliphatic heterocycles. The highest BCUT2D eigenvalue weighted by atomic mass is 16.1. The van der Waals surface area contributed by atoms with Gasteiger partial charge in [0.15, 0.2) is 0 Å². The summed E-state index contributed by atoms with van der Waals surface area (Å²) in [6, 6.07) is 7.46. The van der Waals surface area contributed by atoms with Crippen LogP contribution in [0.3, 0.4) is 0 Å². The zero-order valence-corrected chi connectivity index (χ0v) is 8.49. The molecule has 3 heteroatoms. The molecule has 0 aliphatic carbocycles. The van der Waals surface area contributed by atoms with E-state index in [1.807, 2.05) is 24.3 Å². The molecule has 1 rings (SSSR count). The van der Waals surface area contributed by atoms with Crippen LogP contribution >= 0.6 is 0 Å². The highest BCUT2D eigenvalue weighted by Crippen LogP contribution is 2.14. The minimum Gasteiger partial charge on any atom is -0.326 e. The number of amides is 1. The molecule has 0 saturated heterocycles. The van der Waals surface area contributed by atoms with E-state index >= 15 is 0 Å². The van der Waals surface area contributed by atoms with Crippen molar-refractivity contribution in [3.8, 4) is 12.3 Å². The Hall–Kier alpha value is -1.79. The predicted octanol–water partition coefficient (Wildman–Crippen LogP) is 1.50. The van der Waals surface area contributed by atoms with Gasteiger partial charge in [-0.3, -0.25) is 4.79 Å². The van der Waals surface area contributed by atoms with E-state index in [4.69, 9.17) is 12.2 Å². The van der Waals surface area contributed by atoms with Crippen molar-refractivity contribution in [3.05, 3.63) is 29.8 Å². The van der Waals surface area contributed by atoms with Gasteiger partial charge in [-0.25, -0.2) is 0 Å². The third-order valence-electron chi connectivity index (χ3n) is 2.01. The average Bonchev–Trinajstić information content (AvgIpc) is 2.27. The lowest BCUT2D eigenvalue weighted by Crippen LogP contribution is -2.13. The Labute approximate surface area is 89.7 Å². The Kier molecular flexibility index (Phi) is 4.39. The minimum absolute atomic E-state index is 0.0751. The summed E-state index contributed by atoms with van der Waals surface area (Å²) in [5, 5.41) is 2.78. The molecule has 1 amide bonds. The molecule has 3 N–H and O–H groups in total. The zero-order valence-electron chi connectivity index (χ0n) is 8.49. The first kappa shape index (κ1) is 11.3. The molecule has 1 aromatic rings. The first-order chi connectivity index (χ1) is 7.27. The Morgan fingerprint density at radius 3 is 2.87 bits per heavy atom. The summed E-state index contributed by atoms with van der Waals surface area (Å²) in [6.07, 6.45) is 5.87. The van der Waals surface area contributed by atoms with Crippen LogP contribution in [0.1, 0.15) is 18.4 Å². The lowest BCUT2D eigenvalue weighted by atomic mass is 10.1. The van der Waals surface area contributed by atoms with Gasteiger partial charge in [0.1, 0.15) is 0 Å². The highest BCUT2D eigenvalue weighted by Gasteiger charge is 2.04. The van der Waals surface area contributed by atoms with Crippen LogP contribution in [0, 0.1) is 12.3 Å². The van der Waals surface area contributed by atoms with Gasteiger partial charge in [-0.15, -0.1) is 12.3 Å². The number of rotatable bonds is 4. The second-order valence-corrected chi connectivity index (χ2v) is 3.11. The first-order valence-electron chi connectivity index (χ1n) is 4.79. The number of benzene rings is 1. The molecule has 0 bridgehead atoms. The fourth-order valence-electron chi connectivity index (χ4n) is 1.22. The Bertz CT molecular complexity index is 379. The number of terminal acetylenes is 1. The fourth-order valence-corrected chi connectivity index (χ4v) is 1.22. The van der Waals surface area contributed by atoms with Gasteiger partial charge in [-0.05, 0) is 11.6 Å². The molecule has 3 nitrogen and oxygen atoms in total. The quantitative estimate of drug-likeness (QED) is 0.727. The molecule has 78 valence electrons. The van der Waals surface area contributed by atoms with Crippen molar-refractivity contribution in [2.45, 2.75) is 19.4 Å². The topological polar surface area (TPSA) is 55.1 Å². The standard InChI is InChI=1S/C12H14N2O/c1-2-3-8-12(15)14-11-7-5-4-6-10(11)9-13/h1,4-7H,3,8-9,13H2,(H,14,15). The van der Waals surface area contributed by atoms with Gasteiger partial charge >= 0.3 is 0 Å². The summed E-state index contributed by atoms with van der Waals surface area (Å²) in [7, 11) is 0. The van der Waals surface area contributed by atoms with E-state index in [1.165, 1.54) is 0 Å². The lowest BCUT2D eigenvalue weighted by molar-refractivity contribution is -0.116. The third-order valence-corrected chi connectivity index (χ3v) is 2.01. The number of hydrogen-bond donors (Lipinski definition) is 2. The van der Waals surface area contributed by atoms with Crippen molar-refractivity contribution in [2.75, 3.05) is 5.32 Å². The van der Waals surface area contributed by atoms with E-state index in [0.29, 0.717) is 19.4 Å². The molecule has 1 aromatic carbocycles. The maximum absolute atomic E-state index is 11.4. The second-order valence-electron chi connectivity index (χ2n) is 3.11. The number of anilines is 1. The summed E-state index contributed by atoms with van der Waals surface area (Å²) in [5.41, 5.74) is 7.23. The molecule has 0 aromatic heterocycles. The number of para-hydroxylation sites is 1. The van der Waals surface area contributed by atoms with Gasteiger partial charge in [0, 0.05) is 25.1 Å². The monoisotopic (exact) mass is 202 g/mol. The van der Waals surface area contributed by atoms with Crippen LogP contribution in [0.25, 0.3) is 0 Å². The van der Waals surface area contributed by atoms with Crippen molar-refractivity contribution < 1.29 is 4.79 Å². The van der Waals surface area contributed by atoms with Crippen molar-refractivity contribution in [1.29, 1.82) is 0 Å². The second kappa shape index (κ2) is 5.84. The molecule has 0 fully saturated rings. The summed E-state index contributed by atoms with van der Waals surface area (Å²) in [5.74, 6) is 2.35. The van der Waals surface area contributed by atoms with Gasteiger partial charge in [0.05, 0.1) is 0 Å². The van der Waals surface area contributed by atoms with Crippen LogP contribution in [-0.4, -0.2) is 5.91 Å². The molecule has 0 spiro atoms. The van der Waals surface area contributed by atoms with Crippen LogP contribution in [0.5, 0.6) is 0 Å². The summed E-state index contributed by atoms with van der Waals surface area (Å²) < 4.78 is 0. The van der Waals surface area contributed by atoms with Gasteiger partial charge in [-0.1, -0.05) is 18.2 Å². The van der Waals surface area contributed by atoms with Gasteiger partial charge in [0.25, 0.3) is 0 Å². The minimum atomic E-state index is -0.0751. The highest BCUT2D eigenvalue weighted by molar-refractivity contribution is 5.91. The normalized spacial score (nSPS) is 9.33. The molecule has 0 heterocycles. The SMILES string of the molecule is C#CCCC(=O)Nc1ccccc1CN. The summed E-state index contributed by atoms with van der Waals surface area (Å²) in [6.45, 7) is 0.408. The fraction of sp³-hybridized carbons (Fsp3) is 0.250. The molecule has 0 saturated carbocycles. The molecule has 15 heavy (non-hydrogen) atoms. The van der Waals surface area contributed by atoms with E-state index in [1.54, 1.807) is 0 Å². The van der Waals surface area contributed by atoms with Crippen molar-refractivity contribution in [1.82, 2.24) is 0 Å². The van der Waals surface area contributed by atoms with Crippen LogP contribution in [0.2, 0.25) is 0 Å². The average molecular weight is 202 g/mol. The largest absolute Gasteiger partial charge is 0.326 e. The van der Waals surface area contributed by atoms with Gasteiger partial charge < -0.3 is 11.1 Å². The van der Waals surface area contributed by atoms with Crippen molar-refractivity contribution >= 4 is 11.6 Å². The maximum atomic E-state index is 11.4. The van der Waals surface area contributed by atoms with E-state index in [-0.39, 0.29) is 5.91 Å². The molecule has 0 aliphatic rings. The first-order valence-corrected chi connectivity index (χ1v) is 4.79. The smallest absolute Gasteiger partial charge is 0.225 e. The maximum Gasteiger partial charge on any atom is 0.225 e. The Balaban J connectivity index is 2.64. The molecular weight excluding hydrogens is 188 g/mol. The predicted molar refractivity (Wildman–Crippen MR) is 61.0 cm³/mol. The number of hydrogen-bond acceptors (Lipinski definition) is 2. The van der Waals surface area contributed by atoms with Crippen molar-refractivity contribution in [3.63, 3.8) is 0 Å². The van der Waals surface area contributed by atoms with E-state index < -0.39 is 0 Å². The van der Waals surface area contributed by atoms with E-state index in [0.717, 1.165) is 11.3 Å². The van der Waals surface area contributed by atoms with Crippen LogP contribution in [-0.2, 0) is 11.3 Å². The van der Waals surface area contributed by atoms with E-state index in [2.05, 4.69) is 11.2 Å². The summed E-state index contributed by atoms with van der Waals surface area (Å²) >= 11 is 0. The Morgan fingerprint density at radius 1 is 1.47 bits per heavy atom. The number of carbonyl (C=O) groups is 1. The number of nitrogens with two attached hydrogens (primary N) is 1. The molecule has 0 unspecified atom stereocenters. The molecule has 0 atom stereocenters. The lowest BCUT2D eigenvalue weighted by Gasteiger charge is -2.08. The van der Waals surface area contributed by atoms with Gasteiger partial charge in [0.2, 0.25) is 5.91 Å².